The summed E-state index contributed by atoms with van der Waals surface area (Å²) in [6.45, 7) is 5.93. The first-order valence-electron chi connectivity index (χ1n) is 20.1. The van der Waals surface area contributed by atoms with Gasteiger partial charge in [-0.2, -0.15) is 0 Å². The van der Waals surface area contributed by atoms with E-state index in [2.05, 4.69) is 17.6 Å². The molecule has 2 rings (SSSR count). The van der Waals surface area contributed by atoms with Crippen LogP contribution in [0, 0.1) is 5.92 Å². The lowest BCUT2D eigenvalue weighted by Crippen LogP contribution is -2.48. The zero-order valence-electron chi connectivity index (χ0n) is 33.7. The SMILES string of the molecule is CCCCCCCCCCCCCCCCCCN(C(=O)C(C)C)[C@@H](CC(=O)Nc1cccc(C(=O)CC(=O)Nc2cc(OC)c(Cl)cc2OC)c1)C(=O)O. The van der Waals surface area contributed by atoms with Gasteiger partial charge in [-0.25, -0.2) is 4.79 Å². The molecule has 0 saturated heterocycles. The summed E-state index contributed by atoms with van der Waals surface area (Å²) in [7, 11) is 2.85. The molecule has 3 amide bonds. The molecule has 0 aliphatic heterocycles. The van der Waals surface area contributed by atoms with E-state index in [-0.39, 0.29) is 40.2 Å². The van der Waals surface area contributed by atoms with Gasteiger partial charge in [-0.05, 0) is 18.6 Å². The zero-order chi connectivity index (χ0) is 40.6. The minimum absolute atomic E-state index is 0.170. The summed E-state index contributed by atoms with van der Waals surface area (Å²) in [6.07, 6.45) is 18.4. The molecule has 0 saturated carbocycles. The van der Waals surface area contributed by atoms with Gasteiger partial charge >= 0.3 is 5.97 Å². The largest absolute Gasteiger partial charge is 0.495 e. The fourth-order valence-corrected chi connectivity index (χ4v) is 6.70. The van der Waals surface area contributed by atoms with Crippen molar-refractivity contribution in [2.45, 2.75) is 142 Å². The van der Waals surface area contributed by atoms with Crippen molar-refractivity contribution in [1.82, 2.24) is 4.90 Å². The molecule has 2 aromatic rings. The molecule has 2 aromatic carbocycles. The number of benzene rings is 2. The maximum absolute atomic E-state index is 13.2. The molecular formula is C43H64ClN3O8. The minimum Gasteiger partial charge on any atom is -0.495 e. The summed E-state index contributed by atoms with van der Waals surface area (Å²) < 4.78 is 10.5. The van der Waals surface area contributed by atoms with Gasteiger partial charge in [-0.1, -0.05) is 141 Å². The van der Waals surface area contributed by atoms with Crippen LogP contribution in [-0.4, -0.2) is 66.3 Å². The zero-order valence-corrected chi connectivity index (χ0v) is 34.4. The lowest BCUT2D eigenvalue weighted by molar-refractivity contribution is -0.153. The minimum atomic E-state index is -1.34. The van der Waals surface area contributed by atoms with E-state index in [1.54, 1.807) is 26.0 Å². The number of amides is 3. The molecule has 0 spiro atoms. The first-order chi connectivity index (χ1) is 26.4. The topological polar surface area (TPSA) is 151 Å². The number of carboxylic acids is 1. The summed E-state index contributed by atoms with van der Waals surface area (Å²) in [4.78, 5) is 65.9. The third-order valence-corrected chi connectivity index (χ3v) is 9.90. The van der Waals surface area contributed by atoms with Crippen LogP contribution in [0.15, 0.2) is 36.4 Å². The van der Waals surface area contributed by atoms with Crippen LogP contribution >= 0.6 is 11.6 Å². The van der Waals surface area contributed by atoms with Crippen molar-refractivity contribution >= 4 is 52.4 Å². The van der Waals surface area contributed by atoms with Gasteiger partial charge in [-0.3, -0.25) is 19.2 Å². The second-order valence-electron chi connectivity index (χ2n) is 14.5. The molecule has 0 fully saturated rings. The van der Waals surface area contributed by atoms with Crippen molar-refractivity contribution in [2.75, 3.05) is 31.4 Å². The number of nitrogens with one attached hydrogen (secondary N) is 2. The third kappa shape index (κ3) is 17.9. The number of methoxy groups -OCH3 is 2. The van der Waals surface area contributed by atoms with Crippen LogP contribution in [0.1, 0.15) is 147 Å². The highest BCUT2D eigenvalue weighted by Gasteiger charge is 2.32. The van der Waals surface area contributed by atoms with Gasteiger partial charge in [0.1, 0.15) is 17.5 Å². The Hall–Kier alpha value is -4.12. The molecule has 0 aliphatic rings. The number of nitrogens with zero attached hydrogens (tertiary/aromatic N) is 1. The maximum atomic E-state index is 13.2. The van der Waals surface area contributed by atoms with Gasteiger partial charge in [0.2, 0.25) is 17.7 Å². The van der Waals surface area contributed by atoms with Crippen molar-refractivity contribution < 1.29 is 38.6 Å². The van der Waals surface area contributed by atoms with E-state index in [0.29, 0.717) is 12.2 Å². The molecule has 1 atom stereocenters. The highest BCUT2D eigenvalue weighted by Crippen LogP contribution is 2.36. The Labute approximate surface area is 333 Å². The molecule has 12 heteroatoms. The number of ketones is 1. The van der Waals surface area contributed by atoms with Crippen LogP contribution in [-0.2, 0) is 19.2 Å². The van der Waals surface area contributed by atoms with Crippen LogP contribution in [0.5, 0.6) is 11.5 Å². The number of aliphatic carboxylic acids is 1. The molecule has 55 heavy (non-hydrogen) atoms. The van der Waals surface area contributed by atoms with Crippen molar-refractivity contribution in [3.8, 4) is 11.5 Å². The van der Waals surface area contributed by atoms with Gasteiger partial charge in [-0.15, -0.1) is 0 Å². The van der Waals surface area contributed by atoms with Crippen LogP contribution in [0.2, 0.25) is 5.02 Å². The fraction of sp³-hybridized carbons (Fsp3) is 0.605. The van der Waals surface area contributed by atoms with E-state index in [9.17, 15) is 29.1 Å². The predicted octanol–water partition coefficient (Wildman–Crippen LogP) is 10.1. The Morgan fingerprint density at radius 1 is 0.727 bits per heavy atom. The van der Waals surface area contributed by atoms with Gasteiger partial charge < -0.3 is 30.1 Å². The Balaban J connectivity index is 1.86. The number of ether oxygens (including phenoxy) is 2. The average Bonchev–Trinajstić information content (AvgIpc) is 3.15. The Bertz CT molecular complexity index is 1510. The quantitative estimate of drug-likeness (QED) is 0.0419. The number of rotatable bonds is 29. The molecule has 306 valence electrons. The smallest absolute Gasteiger partial charge is 0.326 e. The molecule has 0 aliphatic carbocycles. The Kier molecular flexibility index (Phi) is 22.8. The predicted molar refractivity (Wildman–Crippen MR) is 219 cm³/mol. The van der Waals surface area contributed by atoms with E-state index >= 15 is 0 Å². The van der Waals surface area contributed by atoms with Crippen LogP contribution in [0.4, 0.5) is 11.4 Å². The number of carbonyl (C=O) groups is 5. The maximum Gasteiger partial charge on any atom is 0.326 e. The molecule has 0 heterocycles. The van der Waals surface area contributed by atoms with Crippen molar-refractivity contribution in [3.05, 3.63) is 47.0 Å². The van der Waals surface area contributed by atoms with E-state index < -0.39 is 48.4 Å². The van der Waals surface area contributed by atoms with Crippen molar-refractivity contribution in [3.63, 3.8) is 0 Å². The van der Waals surface area contributed by atoms with E-state index in [0.717, 1.165) is 19.3 Å². The second-order valence-corrected chi connectivity index (χ2v) is 14.9. The monoisotopic (exact) mass is 785 g/mol. The standard InChI is InChI=1S/C43H64ClN3O8/c1-6-7-8-9-10-11-12-13-14-15-16-17-18-19-20-21-25-47(42(51)31(2)3)36(43(52)53)29-40(49)45-33-24-22-23-32(26-33)37(48)30-41(50)46-35-28-38(54-4)34(44)27-39(35)55-5/h22-24,26-28,31,36H,6-21,25,29-30H2,1-5H3,(H,45,49)(H,46,50)(H,52,53)/t36-/m0/s1. The number of unbranched alkanes of at least 4 members (excludes halogenated alkanes) is 15. The number of hydrogen-bond acceptors (Lipinski definition) is 7. The Morgan fingerprint density at radius 2 is 1.27 bits per heavy atom. The van der Waals surface area contributed by atoms with Gasteiger partial charge in [0.15, 0.2) is 5.78 Å². The second kappa shape index (κ2) is 26.6. The molecular weight excluding hydrogens is 722 g/mol. The normalized spacial score (nSPS) is 11.5. The third-order valence-electron chi connectivity index (χ3n) is 9.61. The lowest BCUT2D eigenvalue weighted by Gasteiger charge is -2.30. The van der Waals surface area contributed by atoms with Crippen molar-refractivity contribution in [2.24, 2.45) is 5.92 Å². The number of hydrogen-bond donors (Lipinski definition) is 3. The first kappa shape index (κ1) is 47.0. The van der Waals surface area contributed by atoms with Gasteiger partial charge in [0, 0.05) is 35.8 Å². The number of anilines is 2. The van der Waals surface area contributed by atoms with Crippen LogP contribution in [0.3, 0.4) is 0 Å². The molecule has 0 radical (unpaired) electrons. The van der Waals surface area contributed by atoms with Crippen molar-refractivity contribution in [1.29, 1.82) is 0 Å². The molecule has 3 N–H and O–H groups in total. The molecule has 0 unspecified atom stereocenters. The lowest BCUT2D eigenvalue weighted by atomic mass is 10.0. The summed E-state index contributed by atoms with van der Waals surface area (Å²) in [6, 6.07) is 7.67. The molecule has 11 nitrogen and oxygen atoms in total. The van der Waals surface area contributed by atoms with Crippen LogP contribution in [0.25, 0.3) is 0 Å². The van der Waals surface area contributed by atoms with E-state index in [4.69, 9.17) is 21.1 Å². The average molecular weight is 786 g/mol. The number of halogens is 1. The molecule has 0 bridgehead atoms. The molecule has 0 aromatic heterocycles. The van der Waals surface area contributed by atoms with E-state index in [1.807, 2.05) is 0 Å². The van der Waals surface area contributed by atoms with Gasteiger partial charge in [0.25, 0.3) is 0 Å². The van der Waals surface area contributed by atoms with Crippen LogP contribution < -0.4 is 20.1 Å². The highest BCUT2D eigenvalue weighted by atomic mass is 35.5. The summed E-state index contributed by atoms with van der Waals surface area (Å²) >= 11 is 6.14. The number of carbonyl (C=O) groups excluding carboxylic acids is 4. The Morgan fingerprint density at radius 3 is 1.78 bits per heavy atom. The first-order valence-corrected chi connectivity index (χ1v) is 20.5. The van der Waals surface area contributed by atoms with Gasteiger partial charge in [0.05, 0.1) is 37.8 Å². The number of Topliss-reactive ketones (excluding diaryl/α,β-unsaturated/α-hetero) is 1. The highest BCUT2D eigenvalue weighted by molar-refractivity contribution is 6.32. The summed E-state index contributed by atoms with van der Waals surface area (Å²) in [5, 5.41) is 15.7. The van der Waals surface area contributed by atoms with E-state index in [1.165, 1.54) is 120 Å². The summed E-state index contributed by atoms with van der Waals surface area (Å²) in [5.41, 5.74) is 0.697. The fourth-order valence-electron chi connectivity index (χ4n) is 6.47. The summed E-state index contributed by atoms with van der Waals surface area (Å²) in [5.74, 6) is -3.15. The number of carboxylic acid groups (broad SMARTS) is 1.